The van der Waals surface area contributed by atoms with E-state index in [1.54, 1.807) is 0 Å². The van der Waals surface area contributed by atoms with Crippen LogP contribution in [0.5, 0.6) is 0 Å². The van der Waals surface area contributed by atoms with Crippen molar-refractivity contribution >= 4 is 5.91 Å². The van der Waals surface area contributed by atoms with E-state index in [4.69, 9.17) is 0 Å². The van der Waals surface area contributed by atoms with Gasteiger partial charge >= 0.3 is 0 Å². The Labute approximate surface area is 151 Å². The molecule has 0 aromatic carbocycles. The summed E-state index contributed by atoms with van der Waals surface area (Å²) in [6, 6.07) is 0. The molecular weight excluding hydrogens is 294 g/mol. The van der Waals surface area contributed by atoms with Crippen molar-refractivity contribution in [3.63, 3.8) is 0 Å². The van der Waals surface area contributed by atoms with Crippen molar-refractivity contribution in [2.75, 3.05) is 13.1 Å². The van der Waals surface area contributed by atoms with Gasteiger partial charge in [-0.25, -0.2) is 0 Å². The number of nitrogens with zero attached hydrogens (tertiary/aromatic N) is 1. The van der Waals surface area contributed by atoms with Crippen LogP contribution in [0.4, 0.5) is 0 Å². The average Bonchev–Trinajstić information content (AvgIpc) is 3.13. The topological polar surface area (TPSA) is 20.3 Å². The minimum absolute atomic E-state index is 0.401. The molecule has 1 amide bonds. The molecule has 1 rings (SSSR count). The van der Waals surface area contributed by atoms with Gasteiger partial charge in [-0.1, -0.05) is 76.4 Å². The normalized spacial score (nSPS) is 14.8. The molecule has 2 heteroatoms. The Kier molecular flexibility index (Phi) is 13.9. The van der Waals surface area contributed by atoms with Crippen molar-refractivity contribution in [1.82, 2.24) is 4.90 Å². The van der Waals surface area contributed by atoms with Gasteiger partial charge in [0, 0.05) is 19.5 Å². The molecule has 0 unspecified atom stereocenters. The third-order valence-corrected chi connectivity index (χ3v) is 5.21. The van der Waals surface area contributed by atoms with E-state index in [1.807, 2.05) is 0 Å². The third kappa shape index (κ3) is 11.7. The lowest BCUT2D eigenvalue weighted by atomic mass is 10.0. The van der Waals surface area contributed by atoms with Gasteiger partial charge in [-0.15, -0.1) is 0 Å². The molecule has 1 aliphatic heterocycles. The maximum atomic E-state index is 11.9. The van der Waals surface area contributed by atoms with Gasteiger partial charge in [-0.3, -0.25) is 4.79 Å². The first-order valence-corrected chi connectivity index (χ1v) is 10.7. The maximum Gasteiger partial charge on any atom is 0.222 e. The molecule has 0 aromatic rings. The molecular formula is C22H41NO. The Morgan fingerprint density at radius 2 is 1.21 bits per heavy atom. The number of hydrogen-bond acceptors (Lipinski definition) is 1. The van der Waals surface area contributed by atoms with Crippen molar-refractivity contribution in [3.8, 4) is 0 Å². The van der Waals surface area contributed by atoms with Gasteiger partial charge in [0.2, 0.25) is 5.91 Å². The van der Waals surface area contributed by atoms with Crippen molar-refractivity contribution in [2.24, 2.45) is 0 Å². The molecule has 0 aromatic heterocycles. The molecule has 24 heavy (non-hydrogen) atoms. The first kappa shape index (κ1) is 21.3. The molecule has 1 saturated heterocycles. The second kappa shape index (κ2) is 15.7. The molecule has 0 saturated carbocycles. The highest BCUT2D eigenvalue weighted by Crippen LogP contribution is 2.14. The quantitative estimate of drug-likeness (QED) is 0.242. The van der Waals surface area contributed by atoms with Crippen LogP contribution in [0.15, 0.2) is 12.2 Å². The fourth-order valence-corrected chi connectivity index (χ4v) is 3.60. The second-order valence-corrected chi connectivity index (χ2v) is 7.44. The predicted molar refractivity (Wildman–Crippen MR) is 105 cm³/mol. The summed E-state index contributed by atoms with van der Waals surface area (Å²) in [6.45, 7) is 4.12. The second-order valence-electron chi connectivity index (χ2n) is 7.44. The van der Waals surface area contributed by atoms with Gasteiger partial charge in [0.1, 0.15) is 0 Å². The Morgan fingerprint density at radius 1 is 0.750 bits per heavy atom. The molecule has 0 bridgehead atoms. The highest BCUT2D eigenvalue weighted by Gasteiger charge is 2.16. The number of rotatable bonds is 15. The van der Waals surface area contributed by atoms with Crippen molar-refractivity contribution in [2.45, 2.75) is 110 Å². The van der Waals surface area contributed by atoms with Crippen LogP contribution in [0.25, 0.3) is 0 Å². The smallest absolute Gasteiger partial charge is 0.222 e. The largest absolute Gasteiger partial charge is 0.343 e. The van der Waals surface area contributed by atoms with Crippen molar-refractivity contribution in [1.29, 1.82) is 0 Å². The molecule has 0 aliphatic carbocycles. The van der Waals surface area contributed by atoms with Gasteiger partial charge in [-0.05, 0) is 39.0 Å². The summed E-state index contributed by atoms with van der Waals surface area (Å²) in [6.07, 6.45) is 25.2. The van der Waals surface area contributed by atoms with Crippen LogP contribution in [0.3, 0.4) is 0 Å². The van der Waals surface area contributed by atoms with Gasteiger partial charge in [0.25, 0.3) is 0 Å². The number of carbonyl (C=O) groups is 1. The highest BCUT2D eigenvalue weighted by atomic mass is 16.2. The summed E-state index contributed by atoms with van der Waals surface area (Å²) in [4.78, 5) is 14.0. The number of allylic oxidation sites excluding steroid dienone is 2. The van der Waals surface area contributed by atoms with Gasteiger partial charge in [0.15, 0.2) is 0 Å². The zero-order valence-corrected chi connectivity index (χ0v) is 16.2. The Morgan fingerprint density at radius 3 is 1.71 bits per heavy atom. The summed E-state index contributed by atoms with van der Waals surface area (Å²) in [5, 5.41) is 0. The number of hydrogen-bond donors (Lipinski definition) is 0. The molecule has 140 valence electrons. The van der Waals surface area contributed by atoms with Crippen LogP contribution in [0, 0.1) is 0 Å². The summed E-state index contributed by atoms with van der Waals surface area (Å²) >= 11 is 0. The lowest BCUT2D eigenvalue weighted by Crippen LogP contribution is -2.27. The van der Waals surface area contributed by atoms with Gasteiger partial charge in [0.05, 0.1) is 0 Å². The number of unbranched alkanes of at least 4 members (excludes halogenated alkanes) is 12. The van der Waals surface area contributed by atoms with E-state index >= 15 is 0 Å². The Balaban J connectivity index is 1.72. The minimum Gasteiger partial charge on any atom is -0.343 e. The summed E-state index contributed by atoms with van der Waals surface area (Å²) in [7, 11) is 0. The molecule has 1 aliphatic rings. The van der Waals surface area contributed by atoms with Crippen molar-refractivity contribution < 1.29 is 4.79 Å². The zero-order valence-electron chi connectivity index (χ0n) is 16.2. The monoisotopic (exact) mass is 335 g/mol. The number of amides is 1. The maximum absolute atomic E-state index is 11.9. The summed E-state index contributed by atoms with van der Waals surface area (Å²) in [5.74, 6) is 0.401. The predicted octanol–water partition coefficient (Wildman–Crippen LogP) is 6.65. The molecule has 0 N–H and O–H groups in total. The van der Waals surface area contributed by atoms with E-state index in [0.717, 1.165) is 25.9 Å². The molecule has 0 radical (unpaired) electrons. The van der Waals surface area contributed by atoms with Crippen LogP contribution >= 0.6 is 0 Å². The zero-order chi connectivity index (χ0) is 17.3. The van der Waals surface area contributed by atoms with E-state index in [9.17, 15) is 4.79 Å². The first-order chi connectivity index (χ1) is 11.8. The van der Waals surface area contributed by atoms with Crippen LogP contribution < -0.4 is 0 Å². The SMILES string of the molecule is C/C=C/CCCCCCCCCCCCCCC(=O)N1CCCC1. The number of carbonyl (C=O) groups excluding carboxylic acids is 1. The summed E-state index contributed by atoms with van der Waals surface area (Å²) in [5.41, 5.74) is 0. The Hall–Kier alpha value is -0.790. The van der Waals surface area contributed by atoms with E-state index in [2.05, 4.69) is 24.0 Å². The standard InChI is InChI=1S/C22H41NO/c1-2-3-4-5-6-7-8-9-10-11-12-13-14-15-16-19-22(24)23-20-17-18-21-23/h2-3H,4-21H2,1H3/b3-2+. The van der Waals surface area contributed by atoms with E-state index in [1.165, 1.54) is 89.9 Å². The fourth-order valence-electron chi connectivity index (χ4n) is 3.60. The number of likely N-dealkylation sites (tertiary alicyclic amines) is 1. The molecule has 1 fully saturated rings. The highest BCUT2D eigenvalue weighted by molar-refractivity contribution is 5.76. The van der Waals surface area contributed by atoms with E-state index in [-0.39, 0.29) is 0 Å². The van der Waals surface area contributed by atoms with E-state index in [0.29, 0.717) is 5.91 Å². The minimum atomic E-state index is 0.401. The van der Waals surface area contributed by atoms with Crippen LogP contribution in [0.2, 0.25) is 0 Å². The average molecular weight is 336 g/mol. The van der Waals surface area contributed by atoms with Crippen LogP contribution in [-0.4, -0.2) is 23.9 Å². The van der Waals surface area contributed by atoms with Crippen molar-refractivity contribution in [3.05, 3.63) is 12.2 Å². The lowest BCUT2D eigenvalue weighted by Gasteiger charge is -2.14. The summed E-state index contributed by atoms with van der Waals surface area (Å²) < 4.78 is 0. The van der Waals surface area contributed by atoms with Gasteiger partial charge < -0.3 is 4.90 Å². The molecule has 0 spiro atoms. The molecule has 0 atom stereocenters. The molecule has 1 heterocycles. The fraction of sp³-hybridized carbons (Fsp3) is 0.864. The van der Waals surface area contributed by atoms with Crippen LogP contribution in [0.1, 0.15) is 110 Å². The third-order valence-electron chi connectivity index (χ3n) is 5.21. The van der Waals surface area contributed by atoms with Gasteiger partial charge in [-0.2, -0.15) is 0 Å². The Bertz CT molecular complexity index is 318. The lowest BCUT2D eigenvalue weighted by molar-refractivity contribution is -0.130. The molecule has 2 nitrogen and oxygen atoms in total. The van der Waals surface area contributed by atoms with E-state index < -0.39 is 0 Å². The first-order valence-electron chi connectivity index (χ1n) is 10.7. The van der Waals surface area contributed by atoms with Crippen LogP contribution in [-0.2, 0) is 4.79 Å².